The van der Waals surface area contributed by atoms with E-state index in [-0.39, 0.29) is 5.56 Å². The van der Waals surface area contributed by atoms with Gasteiger partial charge in [0.05, 0.1) is 11.0 Å². The van der Waals surface area contributed by atoms with Crippen LogP contribution in [0.15, 0.2) is 47.4 Å². The first-order valence-electron chi connectivity index (χ1n) is 9.19. The van der Waals surface area contributed by atoms with Gasteiger partial charge in [-0.1, -0.05) is 18.2 Å². The summed E-state index contributed by atoms with van der Waals surface area (Å²) in [5, 5.41) is 3.21. The molecule has 0 amide bonds. The Hall–Kier alpha value is -2.89. The van der Waals surface area contributed by atoms with Crippen LogP contribution < -0.4 is 15.8 Å². The molecular formula is C20H23N5O. The predicted molar refractivity (Wildman–Crippen MR) is 105 cm³/mol. The molecule has 26 heavy (non-hydrogen) atoms. The molecule has 3 heterocycles. The molecule has 1 aliphatic rings. The van der Waals surface area contributed by atoms with Gasteiger partial charge in [-0.25, -0.2) is 9.97 Å². The molecule has 2 aromatic heterocycles. The molecule has 134 valence electrons. The van der Waals surface area contributed by atoms with E-state index in [4.69, 9.17) is 0 Å². The number of hydrogen-bond donors (Lipinski definition) is 1. The van der Waals surface area contributed by atoms with Crippen LogP contribution >= 0.6 is 0 Å². The van der Waals surface area contributed by atoms with Crippen LogP contribution in [-0.2, 0) is 13.0 Å². The summed E-state index contributed by atoms with van der Waals surface area (Å²) < 4.78 is 1.76. The van der Waals surface area contributed by atoms with E-state index in [9.17, 15) is 4.79 Å². The minimum atomic E-state index is -0.0718. The Morgan fingerprint density at radius 2 is 2.00 bits per heavy atom. The summed E-state index contributed by atoms with van der Waals surface area (Å²) in [4.78, 5) is 23.9. The van der Waals surface area contributed by atoms with Crippen LogP contribution in [0.4, 0.5) is 11.6 Å². The molecule has 0 unspecified atom stereocenters. The normalized spacial score (nSPS) is 13.7. The Bertz CT molecular complexity index is 960. The summed E-state index contributed by atoms with van der Waals surface area (Å²) in [6, 6.07) is 11.9. The van der Waals surface area contributed by atoms with Crippen LogP contribution in [-0.4, -0.2) is 34.2 Å². The topological polar surface area (TPSA) is 63.1 Å². The van der Waals surface area contributed by atoms with E-state index in [1.807, 2.05) is 37.4 Å². The van der Waals surface area contributed by atoms with Crippen LogP contribution in [0.25, 0.3) is 11.0 Å². The fourth-order valence-corrected chi connectivity index (χ4v) is 3.24. The zero-order valence-electron chi connectivity index (χ0n) is 15.0. The van der Waals surface area contributed by atoms with Gasteiger partial charge in [0, 0.05) is 32.4 Å². The average Bonchev–Trinajstić information content (AvgIpc) is 2.62. The Kier molecular flexibility index (Phi) is 4.56. The first-order chi connectivity index (χ1) is 12.8. The number of nitrogens with one attached hydrogen (secondary N) is 1. The number of aryl methyl sites for hydroxylation is 1. The molecule has 1 aliphatic heterocycles. The number of rotatable bonds is 6. The SMILES string of the molecule is CCn1c(=O)c(NCCc2ccc(N3CCC3)nc2)nc2ccccc21. The minimum Gasteiger partial charge on any atom is -0.365 e. The molecule has 0 atom stereocenters. The van der Waals surface area contributed by atoms with Gasteiger partial charge in [-0.3, -0.25) is 4.79 Å². The molecule has 0 aliphatic carbocycles. The highest BCUT2D eigenvalue weighted by molar-refractivity contribution is 5.76. The lowest BCUT2D eigenvalue weighted by Crippen LogP contribution is -2.37. The zero-order chi connectivity index (χ0) is 17.9. The van der Waals surface area contributed by atoms with Crippen molar-refractivity contribution < 1.29 is 0 Å². The van der Waals surface area contributed by atoms with E-state index in [1.165, 1.54) is 6.42 Å². The second-order valence-corrected chi connectivity index (χ2v) is 6.54. The van der Waals surface area contributed by atoms with Crippen molar-refractivity contribution in [1.82, 2.24) is 14.5 Å². The van der Waals surface area contributed by atoms with Crippen molar-refractivity contribution in [2.75, 3.05) is 29.9 Å². The zero-order valence-corrected chi connectivity index (χ0v) is 15.0. The van der Waals surface area contributed by atoms with Crippen molar-refractivity contribution in [3.05, 3.63) is 58.5 Å². The third-order valence-electron chi connectivity index (χ3n) is 4.86. The minimum absolute atomic E-state index is 0.0718. The summed E-state index contributed by atoms with van der Waals surface area (Å²) in [7, 11) is 0. The van der Waals surface area contributed by atoms with Gasteiger partial charge in [-0.15, -0.1) is 0 Å². The van der Waals surface area contributed by atoms with Crippen LogP contribution in [0.2, 0.25) is 0 Å². The van der Waals surface area contributed by atoms with Gasteiger partial charge in [0.15, 0.2) is 5.82 Å². The first-order valence-corrected chi connectivity index (χ1v) is 9.19. The second kappa shape index (κ2) is 7.15. The van der Waals surface area contributed by atoms with Crippen molar-refractivity contribution >= 4 is 22.7 Å². The van der Waals surface area contributed by atoms with Crippen LogP contribution in [0.1, 0.15) is 18.9 Å². The summed E-state index contributed by atoms with van der Waals surface area (Å²) in [6.45, 7) is 5.45. The third-order valence-corrected chi connectivity index (χ3v) is 4.86. The maximum Gasteiger partial charge on any atom is 0.293 e. The van der Waals surface area contributed by atoms with Crippen molar-refractivity contribution in [1.29, 1.82) is 0 Å². The summed E-state index contributed by atoms with van der Waals surface area (Å²) in [5.74, 6) is 1.46. The van der Waals surface area contributed by atoms with Gasteiger partial charge in [0.1, 0.15) is 5.82 Å². The number of anilines is 2. The molecule has 1 saturated heterocycles. The van der Waals surface area contributed by atoms with E-state index >= 15 is 0 Å². The van der Waals surface area contributed by atoms with E-state index in [2.05, 4.69) is 32.3 Å². The van der Waals surface area contributed by atoms with Gasteiger partial charge < -0.3 is 14.8 Å². The van der Waals surface area contributed by atoms with Gasteiger partial charge in [-0.05, 0) is 43.5 Å². The van der Waals surface area contributed by atoms with Gasteiger partial charge in [0.25, 0.3) is 5.56 Å². The van der Waals surface area contributed by atoms with E-state index in [1.54, 1.807) is 4.57 Å². The fraction of sp³-hybridized carbons (Fsp3) is 0.350. The van der Waals surface area contributed by atoms with E-state index in [0.29, 0.717) is 18.9 Å². The number of fused-ring (bicyclic) bond motifs is 1. The van der Waals surface area contributed by atoms with Crippen LogP contribution in [0.5, 0.6) is 0 Å². The van der Waals surface area contributed by atoms with Gasteiger partial charge in [0.2, 0.25) is 0 Å². The lowest BCUT2D eigenvalue weighted by atomic mass is 10.2. The predicted octanol–water partition coefficient (Wildman–Crippen LogP) is 2.68. The number of para-hydroxylation sites is 2. The highest BCUT2D eigenvalue weighted by atomic mass is 16.1. The Morgan fingerprint density at radius 3 is 2.69 bits per heavy atom. The maximum absolute atomic E-state index is 12.6. The molecule has 0 spiro atoms. The third kappa shape index (κ3) is 3.14. The smallest absolute Gasteiger partial charge is 0.293 e. The second-order valence-electron chi connectivity index (χ2n) is 6.54. The molecule has 1 aromatic carbocycles. The Balaban J connectivity index is 1.46. The Labute approximate surface area is 152 Å². The van der Waals surface area contributed by atoms with Gasteiger partial charge >= 0.3 is 0 Å². The lowest BCUT2D eigenvalue weighted by molar-refractivity contribution is 0.609. The van der Waals surface area contributed by atoms with E-state index in [0.717, 1.165) is 41.9 Å². The summed E-state index contributed by atoms with van der Waals surface area (Å²) >= 11 is 0. The van der Waals surface area contributed by atoms with E-state index < -0.39 is 0 Å². The molecule has 0 bridgehead atoms. The fourth-order valence-electron chi connectivity index (χ4n) is 3.24. The number of aromatic nitrogens is 3. The molecule has 0 saturated carbocycles. The quantitative estimate of drug-likeness (QED) is 0.741. The molecule has 0 radical (unpaired) electrons. The molecule has 1 fully saturated rings. The summed E-state index contributed by atoms with van der Waals surface area (Å²) in [6.07, 6.45) is 3.97. The first kappa shape index (κ1) is 16.6. The molecule has 3 aromatic rings. The number of benzene rings is 1. The molecule has 6 nitrogen and oxygen atoms in total. The molecule has 1 N–H and O–H groups in total. The lowest BCUT2D eigenvalue weighted by Gasteiger charge is -2.31. The number of hydrogen-bond acceptors (Lipinski definition) is 5. The monoisotopic (exact) mass is 349 g/mol. The highest BCUT2D eigenvalue weighted by Crippen LogP contribution is 2.18. The largest absolute Gasteiger partial charge is 0.365 e. The maximum atomic E-state index is 12.6. The van der Waals surface area contributed by atoms with Crippen molar-refractivity contribution in [3.63, 3.8) is 0 Å². The molecule has 4 rings (SSSR count). The molecule has 6 heteroatoms. The standard InChI is InChI=1S/C20H23N5O/c1-2-25-17-7-4-3-6-16(17)23-19(20(25)26)21-11-10-15-8-9-18(22-14-15)24-12-5-13-24/h3-4,6-9,14H,2,5,10-13H2,1H3,(H,21,23). The van der Waals surface area contributed by atoms with Crippen LogP contribution in [0, 0.1) is 0 Å². The number of pyridine rings is 1. The van der Waals surface area contributed by atoms with Crippen molar-refractivity contribution in [2.24, 2.45) is 0 Å². The summed E-state index contributed by atoms with van der Waals surface area (Å²) in [5.41, 5.74) is 2.78. The Morgan fingerprint density at radius 1 is 1.15 bits per heavy atom. The van der Waals surface area contributed by atoms with Crippen LogP contribution in [0.3, 0.4) is 0 Å². The van der Waals surface area contributed by atoms with Crippen molar-refractivity contribution in [3.8, 4) is 0 Å². The highest BCUT2D eigenvalue weighted by Gasteiger charge is 2.15. The van der Waals surface area contributed by atoms with Crippen molar-refractivity contribution in [2.45, 2.75) is 26.3 Å². The molecular weight excluding hydrogens is 326 g/mol. The average molecular weight is 349 g/mol. The van der Waals surface area contributed by atoms with Gasteiger partial charge in [-0.2, -0.15) is 0 Å². The number of nitrogens with zero attached hydrogens (tertiary/aromatic N) is 4.